The van der Waals surface area contributed by atoms with Crippen molar-refractivity contribution in [2.45, 2.75) is 13.0 Å². The molecule has 0 saturated heterocycles. The van der Waals surface area contributed by atoms with E-state index in [4.69, 9.17) is 4.74 Å². The van der Waals surface area contributed by atoms with Crippen molar-refractivity contribution in [3.05, 3.63) is 70.8 Å². The van der Waals surface area contributed by atoms with Crippen LogP contribution in [0.5, 0.6) is 0 Å². The minimum atomic E-state index is -0.307. The van der Waals surface area contributed by atoms with E-state index in [0.717, 1.165) is 22.4 Å². The first-order valence-electron chi connectivity index (χ1n) is 6.96. The fraction of sp³-hybridized carbons (Fsp3) is 0.167. The van der Waals surface area contributed by atoms with E-state index in [1.54, 1.807) is 7.05 Å². The molecule has 1 atom stereocenters. The van der Waals surface area contributed by atoms with Crippen molar-refractivity contribution < 1.29 is 9.53 Å². The van der Waals surface area contributed by atoms with Gasteiger partial charge in [-0.1, -0.05) is 42.5 Å². The second-order valence-corrected chi connectivity index (χ2v) is 5.06. The predicted molar refractivity (Wildman–Crippen MR) is 84.4 cm³/mol. The second-order valence-electron chi connectivity index (χ2n) is 5.06. The number of hydrogen-bond donors (Lipinski definition) is 1. The number of anilines is 1. The van der Waals surface area contributed by atoms with Gasteiger partial charge in [0.25, 0.3) is 0 Å². The SMILES string of the molecule is CNc1cccc(C)c1C(=O)OC1C=Cc2ccccc21. The Labute approximate surface area is 124 Å². The van der Waals surface area contributed by atoms with Crippen LogP contribution in [0.2, 0.25) is 0 Å². The molecule has 0 aromatic heterocycles. The maximum Gasteiger partial charge on any atom is 0.341 e. The fourth-order valence-corrected chi connectivity index (χ4v) is 2.64. The predicted octanol–water partition coefficient (Wildman–Crippen LogP) is 3.96. The molecular weight excluding hydrogens is 262 g/mol. The number of ether oxygens (including phenoxy) is 1. The molecule has 1 aliphatic rings. The van der Waals surface area contributed by atoms with Crippen molar-refractivity contribution in [1.82, 2.24) is 0 Å². The molecule has 1 aliphatic carbocycles. The van der Waals surface area contributed by atoms with Gasteiger partial charge in [0.2, 0.25) is 0 Å². The van der Waals surface area contributed by atoms with Gasteiger partial charge >= 0.3 is 5.97 Å². The quantitative estimate of drug-likeness (QED) is 0.864. The summed E-state index contributed by atoms with van der Waals surface area (Å²) >= 11 is 0. The summed E-state index contributed by atoms with van der Waals surface area (Å²) in [6.45, 7) is 1.91. The Kier molecular flexibility index (Phi) is 3.48. The Morgan fingerprint density at radius 1 is 1.14 bits per heavy atom. The van der Waals surface area contributed by atoms with Gasteiger partial charge < -0.3 is 10.1 Å². The molecule has 0 heterocycles. The number of esters is 1. The number of benzene rings is 2. The van der Waals surface area contributed by atoms with Crippen molar-refractivity contribution >= 4 is 17.7 Å². The number of hydrogen-bond acceptors (Lipinski definition) is 3. The fourth-order valence-electron chi connectivity index (χ4n) is 2.64. The first-order chi connectivity index (χ1) is 10.2. The van der Waals surface area contributed by atoms with Gasteiger partial charge in [-0.05, 0) is 30.2 Å². The van der Waals surface area contributed by atoms with Gasteiger partial charge in [0.1, 0.15) is 6.10 Å². The van der Waals surface area contributed by atoms with Crippen molar-refractivity contribution in [1.29, 1.82) is 0 Å². The molecule has 21 heavy (non-hydrogen) atoms. The van der Waals surface area contributed by atoms with Crippen molar-refractivity contribution in [2.75, 3.05) is 12.4 Å². The third-order valence-electron chi connectivity index (χ3n) is 3.73. The summed E-state index contributed by atoms with van der Waals surface area (Å²) in [7, 11) is 1.80. The molecular formula is C18H17NO2. The summed E-state index contributed by atoms with van der Waals surface area (Å²) in [4.78, 5) is 12.5. The molecule has 0 radical (unpaired) electrons. The molecule has 0 fully saturated rings. The Balaban J connectivity index is 1.88. The molecule has 0 aliphatic heterocycles. The van der Waals surface area contributed by atoms with Crippen LogP contribution in [0.4, 0.5) is 5.69 Å². The van der Waals surface area contributed by atoms with E-state index in [1.807, 2.05) is 61.5 Å². The van der Waals surface area contributed by atoms with Crippen molar-refractivity contribution in [2.24, 2.45) is 0 Å². The van der Waals surface area contributed by atoms with Crippen molar-refractivity contribution in [3.63, 3.8) is 0 Å². The molecule has 3 nitrogen and oxygen atoms in total. The van der Waals surface area contributed by atoms with E-state index in [2.05, 4.69) is 5.32 Å². The van der Waals surface area contributed by atoms with E-state index < -0.39 is 0 Å². The van der Waals surface area contributed by atoms with E-state index in [1.165, 1.54) is 0 Å². The van der Waals surface area contributed by atoms with E-state index in [-0.39, 0.29) is 12.1 Å². The van der Waals surface area contributed by atoms with Gasteiger partial charge in [0, 0.05) is 18.3 Å². The van der Waals surface area contributed by atoms with Gasteiger partial charge in [-0.15, -0.1) is 0 Å². The third kappa shape index (κ3) is 2.42. The van der Waals surface area contributed by atoms with Crippen molar-refractivity contribution in [3.8, 4) is 0 Å². The van der Waals surface area contributed by atoms with Crippen LogP contribution in [0.3, 0.4) is 0 Å². The van der Waals surface area contributed by atoms with Crippen LogP contribution in [0.25, 0.3) is 6.08 Å². The summed E-state index contributed by atoms with van der Waals surface area (Å²) in [5, 5.41) is 3.04. The molecule has 1 unspecified atom stereocenters. The zero-order valence-electron chi connectivity index (χ0n) is 12.1. The number of nitrogens with one attached hydrogen (secondary N) is 1. The molecule has 0 amide bonds. The monoisotopic (exact) mass is 279 g/mol. The van der Waals surface area contributed by atoms with Crippen LogP contribution in [0.1, 0.15) is 33.2 Å². The van der Waals surface area contributed by atoms with Crippen LogP contribution in [-0.4, -0.2) is 13.0 Å². The van der Waals surface area contributed by atoms with Gasteiger partial charge in [-0.3, -0.25) is 0 Å². The average molecular weight is 279 g/mol. The lowest BCUT2D eigenvalue weighted by Crippen LogP contribution is -2.12. The minimum absolute atomic E-state index is 0.302. The molecule has 2 aromatic carbocycles. The van der Waals surface area contributed by atoms with Crippen LogP contribution < -0.4 is 5.32 Å². The van der Waals surface area contributed by atoms with E-state index >= 15 is 0 Å². The van der Waals surface area contributed by atoms with E-state index in [9.17, 15) is 4.79 Å². The number of aryl methyl sites for hydroxylation is 1. The molecule has 2 aromatic rings. The largest absolute Gasteiger partial charge is 0.450 e. The summed E-state index contributed by atoms with van der Waals surface area (Å²) in [5.41, 5.74) is 4.43. The summed E-state index contributed by atoms with van der Waals surface area (Å²) < 4.78 is 5.68. The summed E-state index contributed by atoms with van der Waals surface area (Å²) in [6, 6.07) is 13.7. The maximum atomic E-state index is 12.5. The standard InChI is InChI=1S/C18H17NO2/c1-12-6-5-9-15(19-2)17(12)18(20)21-16-11-10-13-7-3-4-8-14(13)16/h3-11,16,19H,1-2H3. The minimum Gasteiger partial charge on any atom is -0.450 e. The smallest absolute Gasteiger partial charge is 0.341 e. The average Bonchev–Trinajstić information content (AvgIpc) is 2.90. The van der Waals surface area contributed by atoms with Gasteiger partial charge in [-0.25, -0.2) is 4.79 Å². The highest BCUT2D eigenvalue weighted by atomic mass is 16.5. The Hall–Kier alpha value is -2.55. The first-order valence-corrected chi connectivity index (χ1v) is 6.96. The number of carbonyl (C=O) groups is 1. The second kappa shape index (κ2) is 5.44. The Morgan fingerprint density at radius 2 is 1.95 bits per heavy atom. The highest BCUT2D eigenvalue weighted by molar-refractivity contribution is 5.97. The Bertz CT molecular complexity index is 719. The molecule has 0 bridgehead atoms. The lowest BCUT2D eigenvalue weighted by atomic mass is 10.1. The zero-order chi connectivity index (χ0) is 14.8. The first kappa shape index (κ1) is 13.4. The maximum absolute atomic E-state index is 12.5. The molecule has 106 valence electrons. The molecule has 3 heteroatoms. The highest BCUT2D eigenvalue weighted by Gasteiger charge is 2.23. The lowest BCUT2D eigenvalue weighted by molar-refractivity contribution is 0.0397. The number of fused-ring (bicyclic) bond motifs is 1. The van der Waals surface area contributed by atoms with Crippen LogP contribution in [0.15, 0.2) is 48.5 Å². The topological polar surface area (TPSA) is 38.3 Å². The van der Waals surface area contributed by atoms with Crippen LogP contribution in [-0.2, 0) is 4.74 Å². The highest BCUT2D eigenvalue weighted by Crippen LogP contribution is 2.32. The molecule has 0 spiro atoms. The van der Waals surface area contributed by atoms with Crippen LogP contribution >= 0.6 is 0 Å². The molecule has 1 N–H and O–H groups in total. The number of rotatable bonds is 3. The Morgan fingerprint density at radius 3 is 2.76 bits per heavy atom. The van der Waals surface area contributed by atoms with Crippen LogP contribution in [0, 0.1) is 6.92 Å². The third-order valence-corrected chi connectivity index (χ3v) is 3.73. The zero-order valence-corrected chi connectivity index (χ0v) is 12.1. The van der Waals surface area contributed by atoms with E-state index in [0.29, 0.717) is 5.56 Å². The summed E-state index contributed by atoms with van der Waals surface area (Å²) in [6.07, 6.45) is 3.60. The lowest BCUT2D eigenvalue weighted by Gasteiger charge is -2.16. The normalized spacial score (nSPS) is 15.6. The number of carbonyl (C=O) groups excluding carboxylic acids is 1. The molecule has 3 rings (SSSR count). The van der Waals surface area contributed by atoms with Gasteiger partial charge in [0.15, 0.2) is 0 Å². The van der Waals surface area contributed by atoms with Gasteiger partial charge in [-0.2, -0.15) is 0 Å². The van der Waals surface area contributed by atoms with Gasteiger partial charge in [0.05, 0.1) is 5.56 Å². The molecule has 0 saturated carbocycles. The summed E-state index contributed by atoms with van der Waals surface area (Å²) in [5.74, 6) is -0.302.